The number of ether oxygens (including phenoxy) is 2. The predicted molar refractivity (Wildman–Crippen MR) is 124 cm³/mol. The highest BCUT2D eigenvalue weighted by molar-refractivity contribution is 5.98. The van der Waals surface area contributed by atoms with Gasteiger partial charge < -0.3 is 18.9 Å². The summed E-state index contributed by atoms with van der Waals surface area (Å²) in [5.74, 6) is 0.238. The second-order valence-corrected chi connectivity index (χ2v) is 9.25. The number of carbonyl (C=O) groups is 1. The second-order valence-electron chi connectivity index (χ2n) is 9.25. The van der Waals surface area contributed by atoms with E-state index in [0.717, 1.165) is 25.7 Å². The Morgan fingerprint density at radius 2 is 1.85 bits per heavy atom. The second kappa shape index (κ2) is 7.99. The fourth-order valence-electron chi connectivity index (χ4n) is 5.62. The van der Waals surface area contributed by atoms with Gasteiger partial charge in [0.2, 0.25) is 11.3 Å². The highest BCUT2D eigenvalue weighted by Crippen LogP contribution is 2.30. The summed E-state index contributed by atoms with van der Waals surface area (Å²) in [4.78, 5) is 33.4. The van der Waals surface area contributed by atoms with E-state index < -0.39 is 0 Å². The lowest BCUT2D eigenvalue weighted by atomic mass is 10.1. The van der Waals surface area contributed by atoms with Crippen LogP contribution in [0.1, 0.15) is 41.3 Å². The molecule has 0 N–H and O–H groups in total. The number of pyridine rings is 2. The number of hydrogen-bond donors (Lipinski definition) is 0. The Morgan fingerprint density at radius 1 is 1.15 bits per heavy atom. The lowest BCUT2D eigenvalue weighted by Crippen LogP contribution is -2.50. The van der Waals surface area contributed by atoms with Gasteiger partial charge in [-0.3, -0.25) is 9.59 Å². The number of aromatic nitrogens is 2. The lowest BCUT2D eigenvalue weighted by molar-refractivity contribution is -0.00725. The van der Waals surface area contributed by atoms with Crippen molar-refractivity contribution in [1.82, 2.24) is 14.5 Å². The number of amides is 1. The molecule has 33 heavy (non-hydrogen) atoms. The Kier molecular flexibility index (Phi) is 4.94. The van der Waals surface area contributed by atoms with Gasteiger partial charge in [0.05, 0.1) is 42.4 Å². The zero-order valence-corrected chi connectivity index (χ0v) is 18.7. The standard InChI is InChI=1S/C26H27N3O4/c1-2-28-13-22(26(31)29-18-7-8-19(29)15-32-14-18)25(30)21-11-24(27-12-23(21)28)33-20-9-16-5-3-4-6-17(16)10-20/h3-6,11-13,18-20H,2,7-10,14-15H2,1H3. The van der Waals surface area contributed by atoms with Crippen molar-refractivity contribution in [3.8, 4) is 5.88 Å². The SMILES string of the molecule is CCn1cc(C(=O)N2C3CCC2COC3)c(=O)c2cc(OC3Cc4ccccc4C3)ncc21. The van der Waals surface area contributed by atoms with E-state index in [1.807, 2.05) is 28.5 Å². The lowest BCUT2D eigenvalue weighted by Gasteiger charge is -2.34. The Balaban J connectivity index is 1.35. The van der Waals surface area contributed by atoms with Crippen molar-refractivity contribution in [2.75, 3.05) is 13.2 Å². The molecular weight excluding hydrogens is 418 g/mol. The molecule has 6 rings (SSSR count). The number of morpholine rings is 1. The molecule has 3 aromatic rings. The summed E-state index contributed by atoms with van der Waals surface area (Å²) in [6, 6.07) is 10.2. The van der Waals surface area contributed by atoms with Crippen molar-refractivity contribution in [3.63, 3.8) is 0 Å². The van der Waals surface area contributed by atoms with Crippen LogP contribution in [-0.4, -0.2) is 51.8 Å². The molecule has 7 heteroatoms. The monoisotopic (exact) mass is 445 g/mol. The van der Waals surface area contributed by atoms with Crippen molar-refractivity contribution < 1.29 is 14.3 Å². The molecule has 2 aromatic heterocycles. The molecule has 0 spiro atoms. The van der Waals surface area contributed by atoms with Gasteiger partial charge in [0.25, 0.3) is 5.91 Å². The third-order valence-electron chi connectivity index (χ3n) is 7.29. The van der Waals surface area contributed by atoms with E-state index in [2.05, 4.69) is 17.1 Å². The van der Waals surface area contributed by atoms with E-state index in [1.54, 1.807) is 18.5 Å². The molecule has 0 radical (unpaired) electrons. The predicted octanol–water partition coefficient (Wildman–Crippen LogP) is 2.97. The molecule has 0 saturated carbocycles. The first-order chi connectivity index (χ1) is 16.1. The van der Waals surface area contributed by atoms with E-state index in [9.17, 15) is 9.59 Å². The maximum absolute atomic E-state index is 13.5. The van der Waals surface area contributed by atoms with Crippen molar-refractivity contribution in [2.45, 2.75) is 57.3 Å². The fraction of sp³-hybridized carbons (Fsp3) is 0.423. The molecule has 170 valence electrons. The minimum absolute atomic E-state index is 0.00506. The minimum atomic E-state index is -0.257. The minimum Gasteiger partial charge on any atom is -0.474 e. The quantitative estimate of drug-likeness (QED) is 0.617. The summed E-state index contributed by atoms with van der Waals surface area (Å²) in [7, 11) is 0. The van der Waals surface area contributed by atoms with E-state index in [1.165, 1.54) is 11.1 Å². The summed E-state index contributed by atoms with van der Waals surface area (Å²) in [5, 5.41) is 0.476. The van der Waals surface area contributed by atoms with E-state index >= 15 is 0 Å². The van der Waals surface area contributed by atoms with E-state index in [0.29, 0.717) is 36.5 Å². The van der Waals surface area contributed by atoms with Gasteiger partial charge in [-0.15, -0.1) is 0 Å². The van der Waals surface area contributed by atoms with Crippen LogP contribution in [0.2, 0.25) is 0 Å². The number of benzene rings is 1. The Hall–Kier alpha value is -3.19. The van der Waals surface area contributed by atoms with Crippen molar-refractivity contribution in [1.29, 1.82) is 0 Å². The Bertz CT molecular complexity index is 1260. The van der Waals surface area contributed by atoms with Crippen LogP contribution >= 0.6 is 0 Å². The zero-order chi connectivity index (χ0) is 22.5. The van der Waals surface area contributed by atoms with Crippen LogP contribution in [0, 0.1) is 0 Å². The maximum Gasteiger partial charge on any atom is 0.260 e. The van der Waals surface area contributed by atoms with Crippen LogP contribution in [0.25, 0.3) is 10.9 Å². The van der Waals surface area contributed by atoms with E-state index in [4.69, 9.17) is 9.47 Å². The number of rotatable bonds is 4. The number of carbonyl (C=O) groups excluding carboxylic acids is 1. The molecule has 2 atom stereocenters. The average Bonchev–Trinajstić information content (AvgIpc) is 3.35. The molecule has 2 fully saturated rings. The highest BCUT2D eigenvalue weighted by Gasteiger charge is 2.41. The van der Waals surface area contributed by atoms with Crippen LogP contribution < -0.4 is 10.2 Å². The molecule has 2 saturated heterocycles. The highest BCUT2D eigenvalue weighted by atomic mass is 16.5. The summed E-state index contributed by atoms with van der Waals surface area (Å²) in [6.45, 7) is 3.72. The summed E-state index contributed by atoms with van der Waals surface area (Å²) in [5.41, 5.74) is 3.27. The van der Waals surface area contributed by atoms with Crippen LogP contribution in [0.15, 0.2) is 47.5 Å². The molecular formula is C26H27N3O4. The van der Waals surface area contributed by atoms with Gasteiger partial charge in [0.15, 0.2) is 0 Å². The molecule has 2 unspecified atom stereocenters. The van der Waals surface area contributed by atoms with Crippen molar-refractivity contribution in [3.05, 3.63) is 69.6 Å². The largest absolute Gasteiger partial charge is 0.474 e. The Morgan fingerprint density at radius 3 is 2.52 bits per heavy atom. The van der Waals surface area contributed by atoms with Crippen LogP contribution in [0.3, 0.4) is 0 Å². The van der Waals surface area contributed by atoms with E-state index in [-0.39, 0.29) is 35.1 Å². The van der Waals surface area contributed by atoms with Crippen molar-refractivity contribution in [2.24, 2.45) is 0 Å². The van der Waals surface area contributed by atoms with Crippen molar-refractivity contribution >= 4 is 16.8 Å². The summed E-state index contributed by atoms with van der Waals surface area (Å²) < 4.78 is 13.7. The van der Waals surface area contributed by atoms with Crippen LogP contribution in [-0.2, 0) is 24.1 Å². The summed E-state index contributed by atoms with van der Waals surface area (Å²) >= 11 is 0. The van der Waals surface area contributed by atoms with Gasteiger partial charge in [-0.2, -0.15) is 0 Å². The summed E-state index contributed by atoms with van der Waals surface area (Å²) in [6.07, 6.45) is 6.88. The van der Waals surface area contributed by atoms with Gasteiger partial charge in [-0.05, 0) is 30.9 Å². The topological polar surface area (TPSA) is 73.7 Å². The molecule has 2 bridgehead atoms. The van der Waals surface area contributed by atoms with Gasteiger partial charge in [0.1, 0.15) is 11.7 Å². The number of aryl methyl sites for hydroxylation is 1. The van der Waals surface area contributed by atoms with Crippen LogP contribution in [0.5, 0.6) is 5.88 Å². The fourth-order valence-corrected chi connectivity index (χ4v) is 5.62. The molecule has 2 aliphatic heterocycles. The first-order valence-corrected chi connectivity index (χ1v) is 11.8. The van der Waals surface area contributed by atoms with Crippen LogP contribution in [0.4, 0.5) is 0 Å². The maximum atomic E-state index is 13.5. The smallest absolute Gasteiger partial charge is 0.260 e. The zero-order valence-electron chi connectivity index (χ0n) is 18.7. The van der Waals surface area contributed by atoms with Gasteiger partial charge in [0, 0.05) is 31.6 Å². The third-order valence-corrected chi connectivity index (χ3v) is 7.29. The average molecular weight is 446 g/mol. The molecule has 7 nitrogen and oxygen atoms in total. The van der Waals surface area contributed by atoms with Gasteiger partial charge in [-0.25, -0.2) is 4.98 Å². The molecule has 1 aliphatic carbocycles. The first kappa shape index (κ1) is 20.4. The third kappa shape index (κ3) is 3.42. The molecule has 1 aromatic carbocycles. The van der Waals surface area contributed by atoms with Gasteiger partial charge in [-0.1, -0.05) is 24.3 Å². The number of fused-ring (bicyclic) bond motifs is 4. The number of hydrogen-bond acceptors (Lipinski definition) is 5. The Labute approximate surface area is 191 Å². The molecule has 1 amide bonds. The molecule has 4 heterocycles. The number of nitrogens with zero attached hydrogens (tertiary/aromatic N) is 3. The first-order valence-electron chi connectivity index (χ1n) is 11.8. The van der Waals surface area contributed by atoms with Gasteiger partial charge >= 0.3 is 0 Å². The molecule has 3 aliphatic rings. The normalized spacial score (nSPS) is 22.0.